The Labute approximate surface area is 168 Å². The lowest BCUT2D eigenvalue weighted by molar-refractivity contribution is -0.118. The zero-order chi connectivity index (χ0) is 20.6. The predicted octanol–water partition coefficient (Wildman–Crippen LogP) is 3.68. The number of aromatic nitrogens is 2. The van der Waals surface area contributed by atoms with E-state index in [1.807, 2.05) is 39.0 Å². The van der Waals surface area contributed by atoms with Crippen molar-refractivity contribution >= 4 is 23.9 Å². The number of hydrogen-bond donors (Lipinski definition) is 0. The number of carbonyl (C=O) groups is 2. The molecule has 3 heterocycles. The van der Waals surface area contributed by atoms with Crippen molar-refractivity contribution in [3.8, 4) is 11.5 Å². The molecule has 2 amide bonds. The second-order valence-corrected chi connectivity index (χ2v) is 7.98. The van der Waals surface area contributed by atoms with Crippen LogP contribution in [-0.2, 0) is 16.0 Å². The molecule has 0 spiro atoms. The minimum Gasteiger partial charge on any atom is -0.443 e. The van der Waals surface area contributed by atoms with Crippen LogP contribution in [0.25, 0.3) is 11.5 Å². The van der Waals surface area contributed by atoms with Crippen molar-refractivity contribution in [2.75, 3.05) is 11.4 Å². The number of allylic oxidation sites excluding steroid dienone is 1. The second kappa shape index (κ2) is 7.27. The van der Waals surface area contributed by atoms with Gasteiger partial charge in [-0.05, 0) is 57.4 Å². The number of fused-ring (bicyclic) bond motifs is 1. The van der Waals surface area contributed by atoms with Gasteiger partial charge in [-0.25, -0.2) is 9.79 Å². The second-order valence-electron chi connectivity index (χ2n) is 7.98. The molecule has 8 heteroatoms. The molecule has 1 aromatic carbocycles. The Morgan fingerprint density at radius 3 is 2.90 bits per heavy atom. The van der Waals surface area contributed by atoms with Gasteiger partial charge in [0.15, 0.2) is 5.82 Å². The van der Waals surface area contributed by atoms with Crippen molar-refractivity contribution < 1.29 is 18.8 Å². The highest BCUT2D eigenvalue weighted by Gasteiger charge is 2.30. The molecule has 0 bridgehead atoms. The summed E-state index contributed by atoms with van der Waals surface area (Å²) >= 11 is 0. The van der Waals surface area contributed by atoms with E-state index in [-0.39, 0.29) is 17.8 Å². The van der Waals surface area contributed by atoms with E-state index in [0.717, 1.165) is 29.7 Å². The number of amides is 2. The van der Waals surface area contributed by atoms with E-state index in [9.17, 15) is 9.59 Å². The summed E-state index contributed by atoms with van der Waals surface area (Å²) < 4.78 is 11.0. The van der Waals surface area contributed by atoms with E-state index in [0.29, 0.717) is 12.4 Å². The maximum Gasteiger partial charge on any atom is 0.414 e. The quantitative estimate of drug-likeness (QED) is 0.771. The largest absolute Gasteiger partial charge is 0.443 e. The molecule has 0 fully saturated rings. The minimum absolute atomic E-state index is 0.274. The van der Waals surface area contributed by atoms with Gasteiger partial charge < -0.3 is 9.26 Å². The van der Waals surface area contributed by atoms with Gasteiger partial charge in [-0.2, -0.15) is 4.98 Å². The van der Waals surface area contributed by atoms with E-state index >= 15 is 0 Å². The van der Waals surface area contributed by atoms with Crippen molar-refractivity contribution in [3.05, 3.63) is 41.7 Å². The molecule has 2 aliphatic rings. The minimum atomic E-state index is -0.643. The third-order valence-corrected chi connectivity index (χ3v) is 4.67. The fraction of sp³-hybridized carbons (Fsp3) is 0.381. The highest BCUT2D eigenvalue weighted by molar-refractivity contribution is 5.97. The summed E-state index contributed by atoms with van der Waals surface area (Å²) in [6.45, 7) is 6.12. The Morgan fingerprint density at radius 2 is 2.14 bits per heavy atom. The molecule has 1 aromatic heterocycles. The van der Waals surface area contributed by atoms with Crippen LogP contribution < -0.4 is 4.90 Å². The summed E-state index contributed by atoms with van der Waals surface area (Å²) in [5.41, 5.74) is 1.91. The summed E-state index contributed by atoms with van der Waals surface area (Å²) in [7, 11) is 0. The number of aliphatic imine (C=N–C) groups is 1. The molecule has 0 saturated carbocycles. The Kier molecular flexibility index (Phi) is 4.77. The molecular formula is C21H22N4O4. The molecule has 0 radical (unpaired) electrons. The van der Waals surface area contributed by atoms with Crippen LogP contribution in [0.2, 0.25) is 0 Å². The topological polar surface area (TPSA) is 97.9 Å². The maximum absolute atomic E-state index is 12.7. The van der Waals surface area contributed by atoms with Crippen LogP contribution in [0.5, 0.6) is 0 Å². The van der Waals surface area contributed by atoms with E-state index in [4.69, 9.17) is 9.26 Å². The molecule has 4 rings (SSSR count). The van der Waals surface area contributed by atoms with Gasteiger partial charge in [0.2, 0.25) is 0 Å². The SMILES string of the molecule is CC(C)(C)OC(=O)N1CCCc2c(-c3nc(C4C=CC=NC4=O)no3)cccc21. The van der Waals surface area contributed by atoms with Crippen LogP contribution in [0, 0.1) is 0 Å². The summed E-state index contributed by atoms with van der Waals surface area (Å²) in [4.78, 5) is 34.5. The summed E-state index contributed by atoms with van der Waals surface area (Å²) in [5, 5.41) is 3.98. The zero-order valence-electron chi connectivity index (χ0n) is 16.6. The van der Waals surface area contributed by atoms with Crippen LogP contribution in [0.3, 0.4) is 0 Å². The highest BCUT2D eigenvalue weighted by Crippen LogP contribution is 2.36. The van der Waals surface area contributed by atoms with Crippen molar-refractivity contribution in [2.24, 2.45) is 4.99 Å². The highest BCUT2D eigenvalue weighted by atomic mass is 16.6. The Morgan fingerprint density at radius 1 is 1.31 bits per heavy atom. The lowest BCUT2D eigenvalue weighted by Gasteiger charge is -2.32. The first-order chi connectivity index (χ1) is 13.8. The molecule has 150 valence electrons. The lowest BCUT2D eigenvalue weighted by Crippen LogP contribution is -2.39. The van der Waals surface area contributed by atoms with Gasteiger partial charge in [-0.15, -0.1) is 0 Å². The van der Waals surface area contributed by atoms with Crippen LogP contribution in [-0.4, -0.2) is 40.5 Å². The molecule has 1 unspecified atom stereocenters. The number of anilines is 1. The molecule has 0 saturated heterocycles. The molecule has 0 aliphatic carbocycles. The van der Waals surface area contributed by atoms with Crippen molar-refractivity contribution in [3.63, 3.8) is 0 Å². The molecule has 1 atom stereocenters. The fourth-order valence-corrected chi connectivity index (χ4v) is 3.44. The van der Waals surface area contributed by atoms with E-state index in [1.165, 1.54) is 6.21 Å². The fourth-order valence-electron chi connectivity index (χ4n) is 3.44. The van der Waals surface area contributed by atoms with Crippen molar-refractivity contribution in [1.29, 1.82) is 0 Å². The Balaban J connectivity index is 1.67. The third kappa shape index (κ3) is 3.83. The smallest absolute Gasteiger partial charge is 0.414 e. The monoisotopic (exact) mass is 394 g/mol. The summed E-state index contributed by atoms with van der Waals surface area (Å²) in [6, 6.07) is 5.61. The predicted molar refractivity (Wildman–Crippen MR) is 107 cm³/mol. The molecule has 2 aromatic rings. The normalized spacial score (nSPS) is 18.7. The van der Waals surface area contributed by atoms with Gasteiger partial charge in [0, 0.05) is 18.3 Å². The maximum atomic E-state index is 12.7. The number of dihydropyridines is 1. The van der Waals surface area contributed by atoms with Gasteiger partial charge >= 0.3 is 6.09 Å². The molecule has 0 N–H and O–H groups in total. The van der Waals surface area contributed by atoms with E-state index in [1.54, 1.807) is 17.1 Å². The molecule has 29 heavy (non-hydrogen) atoms. The van der Waals surface area contributed by atoms with Crippen molar-refractivity contribution in [2.45, 2.75) is 45.1 Å². The lowest BCUT2D eigenvalue weighted by atomic mass is 9.96. The van der Waals surface area contributed by atoms with E-state index in [2.05, 4.69) is 15.1 Å². The zero-order valence-corrected chi connectivity index (χ0v) is 16.6. The van der Waals surface area contributed by atoms with E-state index < -0.39 is 11.5 Å². The van der Waals surface area contributed by atoms with Gasteiger partial charge in [0.1, 0.15) is 11.5 Å². The van der Waals surface area contributed by atoms with Crippen LogP contribution in [0.1, 0.15) is 44.5 Å². The number of ether oxygens (including phenoxy) is 1. The first-order valence-corrected chi connectivity index (χ1v) is 9.54. The van der Waals surface area contributed by atoms with Gasteiger partial charge in [-0.1, -0.05) is 17.3 Å². The van der Waals surface area contributed by atoms with Gasteiger partial charge in [0.25, 0.3) is 11.8 Å². The molecule has 2 aliphatic heterocycles. The van der Waals surface area contributed by atoms with Gasteiger partial charge in [0.05, 0.1) is 5.69 Å². The summed E-state index contributed by atoms with van der Waals surface area (Å²) in [5.74, 6) is -0.379. The van der Waals surface area contributed by atoms with Gasteiger partial charge in [-0.3, -0.25) is 9.69 Å². The van der Waals surface area contributed by atoms with Crippen molar-refractivity contribution in [1.82, 2.24) is 10.1 Å². The van der Waals surface area contributed by atoms with Crippen LogP contribution in [0.15, 0.2) is 39.9 Å². The average molecular weight is 394 g/mol. The van der Waals surface area contributed by atoms with Crippen LogP contribution in [0.4, 0.5) is 10.5 Å². The molecule has 8 nitrogen and oxygen atoms in total. The third-order valence-electron chi connectivity index (χ3n) is 4.67. The first-order valence-electron chi connectivity index (χ1n) is 9.54. The summed E-state index contributed by atoms with van der Waals surface area (Å²) in [6.07, 6.45) is 6.01. The molecular weight excluding hydrogens is 372 g/mol. The standard InChI is InChI=1S/C21H22N4O4/c1-21(2,3)28-20(27)25-12-6-9-13-14(7-4-10-16(13)25)19-23-17(24-29-19)15-8-5-11-22-18(15)26/h4-5,7-8,10-11,15H,6,9,12H2,1-3H3. The Bertz CT molecular complexity index is 1020. The number of rotatable bonds is 2. The number of nitrogens with zero attached hydrogens (tertiary/aromatic N) is 4. The Hall–Kier alpha value is -3.29. The van der Waals surface area contributed by atoms with Crippen LogP contribution >= 0.6 is 0 Å². The number of hydrogen-bond acceptors (Lipinski definition) is 6. The average Bonchev–Trinajstić information content (AvgIpc) is 3.15. The first kappa shape index (κ1) is 19.0. The number of carbonyl (C=O) groups excluding carboxylic acids is 2. The number of benzene rings is 1.